The van der Waals surface area contributed by atoms with Crippen molar-refractivity contribution in [3.05, 3.63) is 42.6 Å². The first kappa shape index (κ1) is 22.4. The number of pyridine rings is 1. The standard InChI is InChI=1S/C19H20F2N6O3S2/c1-12-15(16-23-7-10-27(16)18(20)21)31-19(24-12)25-17(28)13-4-8-26(9-5-13)32(29,30)14-3-2-6-22-11-14/h2-3,6-7,10-11,13,18H,4-5,8-9H2,1H3,(H,24,25,28). The molecule has 0 bridgehead atoms. The summed E-state index contributed by atoms with van der Waals surface area (Å²) in [5.74, 6) is -0.573. The zero-order valence-electron chi connectivity index (χ0n) is 17.0. The van der Waals surface area contributed by atoms with Gasteiger partial charge in [-0.2, -0.15) is 13.1 Å². The van der Waals surface area contributed by atoms with Gasteiger partial charge in [0.25, 0.3) is 0 Å². The van der Waals surface area contributed by atoms with Gasteiger partial charge in [0.05, 0.1) is 10.6 Å². The second-order valence-electron chi connectivity index (χ2n) is 7.23. The van der Waals surface area contributed by atoms with Crippen LogP contribution in [-0.4, -0.2) is 51.2 Å². The molecule has 4 rings (SSSR count). The molecular formula is C19H20F2N6O3S2. The number of rotatable bonds is 6. The number of nitrogens with one attached hydrogen (secondary N) is 1. The molecule has 9 nitrogen and oxygen atoms in total. The van der Waals surface area contributed by atoms with Gasteiger partial charge in [-0.1, -0.05) is 11.3 Å². The predicted octanol–water partition coefficient (Wildman–Crippen LogP) is 3.14. The summed E-state index contributed by atoms with van der Waals surface area (Å²) in [6.07, 6.45) is 5.99. The number of alkyl halides is 2. The van der Waals surface area contributed by atoms with E-state index in [0.29, 0.717) is 23.4 Å². The van der Waals surface area contributed by atoms with Crippen LogP contribution in [0.15, 0.2) is 41.8 Å². The van der Waals surface area contributed by atoms with Crippen molar-refractivity contribution in [3.63, 3.8) is 0 Å². The summed E-state index contributed by atoms with van der Waals surface area (Å²) in [7, 11) is -3.65. The van der Waals surface area contributed by atoms with Crippen LogP contribution in [0, 0.1) is 12.8 Å². The molecule has 0 aromatic carbocycles. The molecule has 1 aliphatic rings. The monoisotopic (exact) mass is 482 g/mol. The van der Waals surface area contributed by atoms with Crippen molar-refractivity contribution in [1.82, 2.24) is 23.8 Å². The number of hydrogen-bond acceptors (Lipinski definition) is 7. The number of hydrogen-bond donors (Lipinski definition) is 1. The lowest BCUT2D eigenvalue weighted by Gasteiger charge is -2.30. The van der Waals surface area contributed by atoms with Crippen LogP contribution in [0.5, 0.6) is 0 Å². The van der Waals surface area contributed by atoms with Crippen LogP contribution < -0.4 is 5.32 Å². The van der Waals surface area contributed by atoms with Crippen molar-refractivity contribution in [2.75, 3.05) is 18.4 Å². The minimum absolute atomic E-state index is 0.0874. The molecule has 1 N–H and O–H groups in total. The number of imidazole rings is 1. The molecule has 0 atom stereocenters. The van der Waals surface area contributed by atoms with Gasteiger partial charge in [-0.15, -0.1) is 0 Å². The minimum atomic E-state index is -3.65. The van der Waals surface area contributed by atoms with Crippen LogP contribution in [-0.2, 0) is 14.8 Å². The molecule has 0 spiro atoms. The highest BCUT2D eigenvalue weighted by Gasteiger charge is 2.32. The maximum Gasteiger partial charge on any atom is 0.320 e. The maximum absolute atomic E-state index is 13.1. The highest BCUT2D eigenvalue weighted by atomic mass is 32.2. The number of halogens is 2. The van der Waals surface area contributed by atoms with E-state index in [-0.39, 0.29) is 40.8 Å². The highest BCUT2D eigenvalue weighted by Crippen LogP contribution is 2.34. The Morgan fingerprint density at radius 2 is 2.03 bits per heavy atom. The van der Waals surface area contributed by atoms with Crippen LogP contribution in [0.1, 0.15) is 25.1 Å². The van der Waals surface area contributed by atoms with E-state index in [4.69, 9.17) is 0 Å². The molecule has 3 aromatic rings. The molecule has 1 fully saturated rings. The number of piperidine rings is 1. The van der Waals surface area contributed by atoms with Crippen LogP contribution in [0.25, 0.3) is 10.7 Å². The van der Waals surface area contributed by atoms with Crippen LogP contribution >= 0.6 is 11.3 Å². The number of carbonyl (C=O) groups excluding carboxylic acids is 1. The zero-order valence-corrected chi connectivity index (χ0v) is 18.6. The summed E-state index contributed by atoms with van der Waals surface area (Å²) in [6.45, 7) is -0.652. The summed E-state index contributed by atoms with van der Waals surface area (Å²) < 4.78 is 53.8. The number of nitrogens with zero attached hydrogens (tertiary/aromatic N) is 5. The quantitative estimate of drug-likeness (QED) is 0.578. The molecule has 3 aromatic heterocycles. The van der Waals surface area contributed by atoms with Gasteiger partial charge in [0.1, 0.15) is 4.90 Å². The Hall–Kier alpha value is -2.77. The van der Waals surface area contributed by atoms with Crippen LogP contribution in [0.4, 0.5) is 13.9 Å². The fraction of sp³-hybridized carbons (Fsp3) is 0.368. The maximum atomic E-state index is 13.1. The largest absolute Gasteiger partial charge is 0.320 e. The van der Waals surface area contributed by atoms with Crippen LogP contribution in [0.2, 0.25) is 0 Å². The van der Waals surface area contributed by atoms with Gasteiger partial charge in [-0.3, -0.25) is 14.3 Å². The van der Waals surface area contributed by atoms with Gasteiger partial charge in [-0.05, 0) is 31.9 Å². The SMILES string of the molecule is Cc1nc(NC(=O)C2CCN(S(=O)(=O)c3cccnc3)CC2)sc1-c1nccn1C(F)F. The molecular weight excluding hydrogens is 462 g/mol. The lowest BCUT2D eigenvalue weighted by Crippen LogP contribution is -2.41. The molecule has 0 aliphatic carbocycles. The van der Waals surface area contributed by atoms with E-state index < -0.39 is 16.6 Å². The summed E-state index contributed by atoms with van der Waals surface area (Å²) in [5, 5.41) is 3.02. The van der Waals surface area contributed by atoms with Crippen LogP contribution in [0.3, 0.4) is 0 Å². The number of carbonyl (C=O) groups is 1. The molecule has 1 amide bonds. The van der Waals surface area contributed by atoms with Crippen molar-refractivity contribution in [2.24, 2.45) is 5.92 Å². The molecule has 0 saturated carbocycles. The fourth-order valence-corrected chi connectivity index (χ4v) is 5.92. The van der Waals surface area contributed by atoms with E-state index in [9.17, 15) is 22.0 Å². The number of sulfonamides is 1. The first-order chi connectivity index (χ1) is 15.3. The molecule has 170 valence electrons. The van der Waals surface area contributed by atoms with Gasteiger partial charge in [-0.25, -0.2) is 18.4 Å². The first-order valence-electron chi connectivity index (χ1n) is 9.77. The number of aryl methyl sites for hydroxylation is 1. The Morgan fingerprint density at radius 1 is 1.28 bits per heavy atom. The van der Waals surface area contributed by atoms with E-state index in [2.05, 4.69) is 20.3 Å². The molecule has 4 heterocycles. The summed E-state index contributed by atoms with van der Waals surface area (Å²) in [5.41, 5.74) is 0.482. The molecule has 1 aliphatic heterocycles. The Kier molecular flexibility index (Phi) is 6.31. The van der Waals surface area contributed by atoms with E-state index in [1.165, 1.54) is 35.2 Å². The van der Waals surface area contributed by atoms with Crippen molar-refractivity contribution in [1.29, 1.82) is 0 Å². The first-order valence-corrected chi connectivity index (χ1v) is 12.0. The van der Waals surface area contributed by atoms with Gasteiger partial charge in [0.2, 0.25) is 15.9 Å². The van der Waals surface area contributed by atoms with Crippen molar-refractivity contribution >= 4 is 32.4 Å². The predicted molar refractivity (Wildman–Crippen MR) is 114 cm³/mol. The second-order valence-corrected chi connectivity index (χ2v) is 10.2. The normalized spacial score (nSPS) is 15.9. The van der Waals surface area contributed by atoms with Crippen molar-refractivity contribution < 1.29 is 22.0 Å². The van der Waals surface area contributed by atoms with Gasteiger partial charge in [0, 0.05) is 43.8 Å². The average molecular weight is 483 g/mol. The van der Waals surface area contributed by atoms with Gasteiger partial charge >= 0.3 is 6.55 Å². The van der Waals surface area contributed by atoms with Gasteiger partial charge < -0.3 is 5.32 Å². The summed E-state index contributed by atoms with van der Waals surface area (Å²) in [6, 6.07) is 3.05. The minimum Gasteiger partial charge on any atom is -0.302 e. The Morgan fingerprint density at radius 3 is 2.69 bits per heavy atom. The number of anilines is 1. The third kappa shape index (κ3) is 4.40. The molecule has 1 saturated heterocycles. The molecule has 0 unspecified atom stereocenters. The number of amides is 1. The lowest BCUT2D eigenvalue weighted by atomic mass is 9.97. The van der Waals surface area contributed by atoms with Gasteiger partial charge in [0.15, 0.2) is 11.0 Å². The Balaban J connectivity index is 1.40. The number of thiazole rings is 1. The topological polar surface area (TPSA) is 110 Å². The molecule has 13 heteroatoms. The van der Waals surface area contributed by atoms with E-state index in [0.717, 1.165) is 15.9 Å². The zero-order chi connectivity index (χ0) is 22.9. The van der Waals surface area contributed by atoms with Crippen molar-refractivity contribution in [2.45, 2.75) is 31.2 Å². The van der Waals surface area contributed by atoms with E-state index in [1.807, 2.05) is 0 Å². The highest BCUT2D eigenvalue weighted by molar-refractivity contribution is 7.89. The number of aromatic nitrogens is 4. The smallest absolute Gasteiger partial charge is 0.302 e. The fourth-order valence-electron chi connectivity index (χ4n) is 3.52. The van der Waals surface area contributed by atoms with Crippen molar-refractivity contribution in [3.8, 4) is 10.7 Å². The second kappa shape index (κ2) is 9.00. The molecule has 0 radical (unpaired) electrons. The van der Waals surface area contributed by atoms with E-state index in [1.54, 1.807) is 13.0 Å². The summed E-state index contributed by atoms with van der Waals surface area (Å²) in [4.78, 5) is 25.4. The molecule has 32 heavy (non-hydrogen) atoms. The van der Waals surface area contributed by atoms with E-state index >= 15 is 0 Å². The summed E-state index contributed by atoms with van der Waals surface area (Å²) >= 11 is 1.07. The third-order valence-corrected chi connectivity index (χ3v) is 8.16. The Labute approximate surface area is 187 Å². The lowest BCUT2D eigenvalue weighted by molar-refractivity contribution is -0.120. The Bertz CT molecular complexity index is 1200. The average Bonchev–Trinajstić information content (AvgIpc) is 3.41. The third-order valence-electron chi connectivity index (χ3n) is 5.21.